The molecule has 0 saturated carbocycles. The zero-order chi connectivity index (χ0) is 18.1. The van der Waals surface area contributed by atoms with E-state index in [1.54, 1.807) is 0 Å². The third-order valence-electron chi connectivity index (χ3n) is 3.86. The lowest BCUT2D eigenvalue weighted by Crippen LogP contribution is -2.42. The number of benzene rings is 1. The van der Waals surface area contributed by atoms with Crippen LogP contribution in [0.3, 0.4) is 0 Å². The molecule has 24 heavy (non-hydrogen) atoms. The molecule has 1 heterocycles. The summed E-state index contributed by atoms with van der Waals surface area (Å²) in [7, 11) is 4.23. The molecule has 8 nitrogen and oxygen atoms in total. The van der Waals surface area contributed by atoms with Crippen LogP contribution in [0.2, 0.25) is 0 Å². The van der Waals surface area contributed by atoms with E-state index in [0.29, 0.717) is 5.75 Å². The minimum absolute atomic E-state index is 0.0679. The van der Waals surface area contributed by atoms with Crippen LogP contribution in [0.15, 0.2) is 12.1 Å². The van der Waals surface area contributed by atoms with Crippen molar-refractivity contribution in [2.75, 3.05) is 21.3 Å². The molecule has 0 bridgehead atoms. The molecule has 132 valence electrons. The lowest BCUT2D eigenvalue weighted by atomic mass is 9.86. The van der Waals surface area contributed by atoms with Gasteiger partial charge in [0.05, 0.1) is 21.3 Å². The molecular weight excluding hydrogens is 320 g/mol. The number of aliphatic hydroxyl groups is 1. The Bertz CT molecular complexity index is 626. The Hall–Kier alpha value is -2.16. The number of hydrogen-bond acceptors (Lipinski definition) is 8. The molecule has 0 radical (unpaired) electrons. The average Bonchev–Trinajstić information content (AvgIpc) is 2.88. The number of ether oxygens (including phenoxy) is 3. The number of hydrogen-bond donors (Lipinski definition) is 1. The maximum atomic E-state index is 12.9. The highest BCUT2D eigenvalue weighted by atomic mass is 17.2. The Balaban J connectivity index is 2.51. The SMILES string of the molecule is COc1cc(OC)c(C(=O)C2OOC(C)(O)C2C(C)=O)c(OC)c1. The van der Waals surface area contributed by atoms with Crippen molar-refractivity contribution in [1.29, 1.82) is 0 Å². The Morgan fingerprint density at radius 1 is 1.12 bits per heavy atom. The van der Waals surface area contributed by atoms with Crippen LogP contribution in [0.25, 0.3) is 0 Å². The Morgan fingerprint density at radius 3 is 2.08 bits per heavy atom. The lowest BCUT2D eigenvalue weighted by Gasteiger charge is -2.21. The molecule has 0 amide bonds. The summed E-state index contributed by atoms with van der Waals surface area (Å²) in [4.78, 5) is 34.5. The predicted molar refractivity (Wildman–Crippen MR) is 81.2 cm³/mol. The summed E-state index contributed by atoms with van der Waals surface area (Å²) in [5.41, 5.74) is 0.0679. The minimum atomic E-state index is -1.90. The number of Topliss-reactive ketones (excluding diaryl/α,β-unsaturated/α-hetero) is 2. The summed E-state index contributed by atoms with van der Waals surface area (Å²) in [6.07, 6.45) is -1.33. The second kappa shape index (κ2) is 6.76. The third-order valence-corrected chi connectivity index (χ3v) is 3.86. The van der Waals surface area contributed by atoms with E-state index in [1.165, 1.54) is 47.3 Å². The van der Waals surface area contributed by atoms with Gasteiger partial charge in [0.15, 0.2) is 6.10 Å². The summed E-state index contributed by atoms with van der Waals surface area (Å²) in [6.45, 7) is 2.51. The molecule has 1 aromatic carbocycles. The van der Waals surface area contributed by atoms with Gasteiger partial charge in [-0.3, -0.25) is 9.59 Å². The van der Waals surface area contributed by atoms with Gasteiger partial charge in [-0.25, -0.2) is 4.89 Å². The fourth-order valence-electron chi connectivity index (χ4n) is 2.71. The standard InChI is InChI=1S/C16H20O8/c1-8(17)13-15(23-24-16(13,2)19)14(18)12-10(21-4)6-9(20-3)7-11(12)22-5/h6-7,13,15,19H,1-5H3. The van der Waals surface area contributed by atoms with Gasteiger partial charge in [-0.1, -0.05) is 0 Å². The van der Waals surface area contributed by atoms with E-state index in [0.717, 1.165) is 0 Å². The van der Waals surface area contributed by atoms with E-state index in [-0.39, 0.29) is 17.1 Å². The quantitative estimate of drug-likeness (QED) is 0.608. The van der Waals surface area contributed by atoms with Gasteiger partial charge in [0.2, 0.25) is 11.6 Å². The molecule has 3 atom stereocenters. The maximum Gasteiger partial charge on any atom is 0.209 e. The molecule has 0 aliphatic carbocycles. The normalized spacial score (nSPS) is 26.1. The molecule has 2 rings (SSSR count). The topological polar surface area (TPSA) is 101 Å². The van der Waals surface area contributed by atoms with E-state index in [2.05, 4.69) is 0 Å². The van der Waals surface area contributed by atoms with E-state index >= 15 is 0 Å². The van der Waals surface area contributed by atoms with Gasteiger partial charge in [-0.15, -0.1) is 0 Å². The number of carbonyl (C=O) groups excluding carboxylic acids is 2. The molecule has 1 aliphatic heterocycles. The van der Waals surface area contributed by atoms with Crippen molar-refractivity contribution in [2.24, 2.45) is 5.92 Å². The van der Waals surface area contributed by atoms with E-state index in [1.807, 2.05) is 0 Å². The lowest BCUT2D eigenvalue weighted by molar-refractivity contribution is -0.369. The molecular formula is C16H20O8. The summed E-state index contributed by atoms with van der Waals surface area (Å²) in [5.74, 6) is -3.33. The first kappa shape index (κ1) is 18.2. The van der Waals surface area contributed by atoms with Gasteiger partial charge in [0, 0.05) is 12.1 Å². The molecule has 1 saturated heterocycles. The van der Waals surface area contributed by atoms with Gasteiger partial charge in [-0.2, -0.15) is 4.89 Å². The van der Waals surface area contributed by atoms with Gasteiger partial charge in [0.1, 0.15) is 34.5 Å². The zero-order valence-corrected chi connectivity index (χ0v) is 14.1. The average molecular weight is 340 g/mol. The molecule has 1 fully saturated rings. The van der Waals surface area contributed by atoms with E-state index in [9.17, 15) is 14.7 Å². The first-order valence-electron chi connectivity index (χ1n) is 7.18. The number of methoxy groups -OCH3 is 3. The second-order valence-electron chi connectivity index (χ2n) is 5.51. The molecule has 1 aromatic rings. The van der Waals surface area contributed by atoms with Crippen LogP contribution in [-0.4, -0.2) is 49.9 Å². The first-order chi connectivity index (χ1) is 11.3. The van der Waals surface area contributed by atoms with Crippen molar-refractivity contribution in [2.45, 2.75) is 25.7 Å². The molecule has 1 aliphatic rings. The smallest absolute Gasteiger partial charge is 0.209 e. The van der Waals surface area contributed by atoms with Crippen LogP contribution in [-0.2, 0) is 14.6 Å². The molecule has 0 spiro atoms. The third kappa shape index (κ3) is 3.08. The van der Waals surface area contributed by atoms with Gasteiger partial charge in [0.25, 0.3) is 0 Å². The number of rotatable bonds is 6. The van der Waals surface area contributed by atoms with E-state index < -0.39 is 29.4 Å². The summed E-state index contributed by atoms with van der Waals surface area (Å²) >= 11 is 0. The summed E-state index contributed by atoms with van der Waals surface area (Å²) in [5, 5.41) is 10.1. The molecule has 8 heteroatoms. The fraction of sp³-hybridized carbons (Fsp3) is 0.500. The molecule has 0 aromatic heterocycles. The van der Waals surface area contributed by atoms with E-state index in [4.69, 9.17) is 24.0 Å². The van der Waals surface area contributed by atoms with Crippen LogP contribution in [0.1, 0.15) is 24.2 Å². The second-order valence-corrected chi connectivity index (χ2v) is 5.51. The van der Waals surface area contributed by atoms with Crippen molar-refractivity contribution in [3.63, 3.8) is 0 Å². The van der Waals surface area contributed by atoms with Crippen LogP contribution >= 0.6 is 0 Å². The van der Waals surface area contributed by atoms with Crippen molar-refractivity contribution in [3.8, 4) is 17.2 Å². The number of ketones is 2. The zero-order valence-electron chi connectivity index (χ0n) is 14.1. The highest BCUT2D eigenvalue weighted by Crippen LogP contribution is 2.40. The fourth-order valence-corrected chi connectivity index (χ4v) is 2.71. The van der Waals surface area contributed by atoms with Gasteiger partial charge in [-0.05, 0) is 13.8 Å². The van der Waals surface area contributed by atoms with Gasteiger partial charge >= 0.3 is 0 Å². The highest BCUT2D eigenvalue weighted by molar-refractivity contribution is 6.06. The predicted octanol–water partition coefficient (Wildman–Crippen LogP) is 1.14. The molecule has 1 N–H and O–H groups in total. The molecule has 3 unspecified atom stereocenters. The van der Waals surface area contributed by atoms with Crippen LogP contribution in [0.4, 0.5) is 0 Å². The summed E-state index contributed by atoms with van der Waals surface area (Å²) < 4.78 is 15.6. The first-order valence-corrected chi connectivity index (χ1v) is 7.18. The van der Waals surface area contributed by atoms with Crippen LogP contribution in [0, 0.1) is 5.92 Å². The van der Waals surface area contributed by atoms with Gasteiger partial charge < -0.3 is 19.3 Å². The Labute approximate surface area is 139 Å². The number of carbonyl (C=O) groups is 2. The maximum absolute atomic E-state index is 12.9. The highest BCUT2D eigenvalue weighted by Gasteiger charge is 2.54. The Kier molecular flexibility index (Phi) is 5.12. The Morgan fingerprint density at radius 2 is 1.67 bits per heavy atom. The van der Waals surface area contributed by atoms with Crippen molar-refractivity contribution in [3.05, 3.63) is 17.7 Å². The minimum Gasteiger partial charge on any atom is -0.496 e. The van der Waals surface area contributed by atoms with Crippen molar-refractivity contribution in [1.82, 2.24) is 0 Å². The van der Waals surface area contributed by atoms with Crippen molar-refractivity contribution >= 4 is 11.6 Å². The summed E-state index contributed by atoms with van der Waals surface area (Å²) in [6, 6.07) is 3.01. The largest absolute Gasteiger partial charge is 0.496 e. The van der Waals surface area contributed by atoms with Crippen LogP contribution in [0.5, 0.6) is 17.2 Å². The van der Waals surface area contributed by atoms with Crippen LogP contribution < -0.4 is 14.2 Å². The monoisotopic (exact) mass is 340 g/mol. The van der Waals surface area contributed by atoms with Crippen molar-refractivity contribution < 1.29 is 38.7 Å².